The lowest BCUT2D eigenvalue weighted by Gasteiger charge is -2.27. The molecule has 5 heteroatoms. The zero-order valence-corrected chi connectivity index (χ0v) is 35.8. The average Bonchev–Trinajstić information content (AvgIpc) is 3.92. The maximum atomic E-state index is 6.77. The van der Waals surface area contributed by atoms with Gasteiger partial charge in [-0.3, -0.25) is 0 Å². The van der Waals surface area contributed by atoms with Gasteiger partial charge in [-0.15, -0.1) is 0 Å². The van der Waals surface area contributed by atoms with E-state index in [-0.39, 0.29) is 5.41 Å². The predicted octanol–water partition coefficient (Wildman–Crippen LogP) is 15.8. The molecule has 0 radical (unpaired) electrons. The summed E-state index contributed by atoms with van der Waals surface area (Å²) in [5.41, 5.74) is 15.4. The molecule has 0 N–H and O–H groups in total. The van der Waals surface area contributed by atoms with Gasteiger partial charge in [0.2, 0.25) is 0 Å². The van der Waals surface area contributed by atoms with Crippen LogP contribution in [0.3, 0.4) is 0 Å². The summed E-state index contributed by atoms with van der Waals surface area (Å²) in [5.74, 6) is 1.57. The molecule has 2 heterocycles. The second-order valence-electron chi connectivity index (χ2n) is 17.5. The maximum absolute atomic E-state index is 6.77. The zero-order valence-electron chi connectivity index (χ0n) is 35.8. The van der Waals surface area contributed by atoms with Crippen LogP contribution >= 0.6 is 0 Å². The molecule has 9 aromatic carbocycles. The van der Waals surface area contributed by atoms with Crippen LogP contribution in [0.25, 0.3) is 33.0 Å². The summed E-state index contributed by atoms with van der Waals surface area (Å²) >= 11 is 0. The molecule has 0 aliphatic carbocycles. The van der Waals surface area contributed by atoms with Crippen LogP contribution in [0.4, 0.5) is 45.5 Å². The molecule has 2 aliphatic rings. The Kier molecular flexibility index (Phi) is 9.46. The predicted molar refractivity (Wildman–Crippen MR) is 264 cm³/mol. The molecule has 306 valence electrons. The fourth-order valence-corrected chi connectivity index (χ4v) is 9.34. The van der Waals surface area contributed by atoms with Gasteiger partial charge < -0.3 is 24.3 Å². The lowest BCUT2D eigenvalue weighted by molar-refractivity contribution is 0.483. The Hall–Kier alpha value is -7.76. The molecular formula is C58H48N4O. The van der Waals surface area contributed by atoms with E-state index in [0.717, 1.165) is 28.6 Å². The molecule has 2 aliphatic heterocycles. The van der Waals surface area contributed by atoms with E-state index in [0.29, 0.717) is 13.3 Å². The lowest BCUT2D eigenvalue weighted by atomic mass is 9.87. The highest BCUT2D eigenvalue weighted by Gasteiger charge is 2.33. The first-order chi connectivity index (χ1) is 30.9. The van der Waals surface area contributed by atoms with Crippen LogP contribution in [0.5, 0.6) is 11.5 Å². The minimum absolute atomic E-state index is 0.100. The van der Waals surface area contributed by atoms with Crippen LogP contribution in [-0.4, -0.2) is 13.3 Å². The highest BCUT2D eigenvalue weighted by atomic mass is 16.5. The molecule has 0 saturated heterocycles. The summed E-state index contributed by atoms with van der Waals surface area (Å²) < 4.78 is 6.77. The maximum Gasteiger partial charge on any atom is 0.129 e. The number of hydrogen-bond acceptors (Lipinski definition) is 5. The molecule has 0 aromatic heterocycles. The number of para-hydroxylation sites is 3. The van der Waals surface area contributed by atoms with Crippen LogP contribution in [-0.2, 0) is 5.41 Å². The molecule has 5 nitrogen and oxygen atoms in total. The van der Waals surface area contributed by atoms with Crippen LogP contribution < -0.4 is 24.3 Å². The highest BCUT2D eigenvalue weighted by Crippen LogP contribution is 2.53. The van der Waals surface area contributed by atoms with Crippen LogP contribution in [0, 0.1) is 0 Å². The third kappa shape index (κ3) is 7.02. The summed E-state index contributed by atoms with van der Waals surface area (Å²) in [5, 5.41) is 2.42. The molecule has 0 fully saturated rings. The summed E-state index contributed by atoms with van der Waals surface area (Å²) in [6.07, 6.45) is 0. The standard InChI is InChI=1S/C58H48N4O/c1-58(2,3)44-32-34-45(35-33-44)59-39-60(54-30-13-12-29-53(54)59)46-22-14-24-48(37-46)63-49-25-15-23-47(38-49)61-40-62(57-52-26-11-10-21-43(52)31-36-55(57)61)56-50(41-17-6-4-7-18-41)27-16-28-51(56)42-19-8-5-9-20-42/h4-38H,39-40H2,1-3H3. The van der Waals surface area contributed by atoms with Gasteiger partial charge in [-0.2, -0.15) is 0 Å². The summed E-state index contributed by atoms with van der Waals surface area (Å²) in [4.78, 5) is 9.70. The fourth-order valence-electron chi connectivity index (χ4n) is 9.34. The first kappa shape index (κ1) is 38.2. The molecule has 0 atom stereocenters. The fraction of sp³-hybridized carbons (Fsp3) is 0.103. The van der Waals surface area contributed by atoms with E-state index in [1.165, 1.54) is 67.0 Å². The Morgan fingerprint density at radius 3 is 1.49 bits per heavy atom. The van der Waals surface area contributed by atoms with Crippen molar-refractivity contribution < 1.29 is 4.74 Å². The third-order valence-electron chi connectivity index (χ3n) is 12.5. The number of ether oxygens (including phenoxy) is 1. The Balaban J connectivity index is 0.940. The molecule has 0 spiro atoms. The van der Waals surface area contributed by atoms with Crippen molar-refractivity contribution in [3.05, 3.63) is 218 Å². The van der Waals surface area contributed by atoms with E-state index < -0.39 is 0 Å². The van der Waals surface area contributed by atoms with Gasteiger partial charge >= 0.3 is 0 Å². The number of benzene rings is 9. The first-order valence-electron chi connectivity index (χ1n) is 21.8. The number of rotatable bonds is 8. The summed E-state index contributed by atoms with van der Waals surface area (Å²) in [6.45, 7) is 8.10. The molecule has 11 rings (SSSR count). The smallest absolute Gasteiger partial charge is 0.129 e. The topological polar surface area (TPSA) is 22.2 Å². The van der Waals surface area contributed by atoms with E-state index in [2.05, 4.69) is 247 Å². The van der Waals surface area contributed by atoms with Crippen molar-refractivity contribution in [1.29, 1.82) is 0 Å². The number of anilines is 8. The minimum Gasteiger partial charge on any atom is -0.457 e. The van der Waals surface area contributed by atoms with Crippen molar-refractivity contribution in [3.8, 4) is 33.8 Å². The quantitative estimate of drug-likeness (QED) is 0.152. The van der Waals surface area contributed by atoms with Crippen molar-refractivity contribution in [3.63, 3.8) is 0 Å². The SMILES string of the molecule is CC(C)(C)c1ccc(N2CN(c3cccc(Oc4cccc(N5CN(c6c(-c7ccccc7)cccc6-c6ccccc6)c6c5ccc5ccccc65)c4)c3)c3ccccc32)cc1. The van der Waals surface area contributed by atoms with Gasteiger partial charge in [0.25, 0.3) is 0 Å². The van der Waals surface area contributed by atoms with E-state index in [1.54, 1.807) is 0 Å². The molecule has 0 bridgehead atoms. The zero-order chi connectivity index (χ0) is 42.5. The number of fused-ring (bicyclic) bond motifs is 4. The Bertz CT molecular complexity index is 3040. The van der Waals surface area contributed by atoms with E-state index in [1.807, 2.05) is 6.07 Å². The van der Waals surface area contributed by atoms with Gasteiger partial charge in [-0.25, -0.2) is 0 Å². The average molecular weight is 817 g/mol. The van der Waals surface area contributed by atoms with E-state index in [9.17, 15) is 0 Å². The van der Waals surface area contributed by atoms with Gasteiger partial charge in [-0.1, -0.05) is 166 Å². The monoisotopic (exact) mass is 816 g/mol. The Labute approximate surface area is 370 Å². The molecular weight excluding hydrogens is 769 g/mol. The van der Waals surface area contributed by atoms with Crippen molar-refractivity contribution >= 4 is 56.3 Å². The minimum atomic E-state index is 0.100. The number of nitrogens with zero attached hydrogens (tertiary/aromatic N) is 4. The van der Waals surface area contributed by atoms with Gasteiger partial charge in [-0.05, 0) is 82.1 Å². The van der Waals surface area contributed by atoms with Crippen LogP contribution in [0.2, 0.25) is 0 Å². The van der Waals surface area contributed by atoms with Crippen molar-refractivity contribution in [2.75, 3.05) is 32.9 Å². The summed E-state index contributed by atoms with van der Waals surface area (Å²) in [6, 6.07) is 76.1. The lowest BCUT2D eigenvalue weighted by Crippen LogP contribution is -2.25. The molecule has 0 saturated carbocycles. The summed E-state index contributed by atoms with van der Waals surface area (Å²) in [7, 11) is 0. The highest BCUT2D eigenvalue weighted by molar-refractivity contribution is 6.09. The van der Waals surface area contributed by atoms with Gasteiger partial charge in [0, 0.05) is 45.7 Å². The largest absolute Gasteiger partial charge is 0.457 e. The normalized spacial score (nSPS) is 13.4. The van der Waals surface area contributed by atoms with Gasteiger partial charge in [0.15, 0.2) is 0 Å². The van der Waals surface area contributed by atoms with Crippen molar-refractivity contribution in [1.82, 2.24) is 0 Å². The molecule has 9 aromatic rings. The Morgan fingerprint density at radius 2 is 0.889 bits per heavy atom. The Morgan fingerprint density at radius 1 is 0.381 bits per heavy atom. The first-order valence-corrected chi connectivity index (χ1v) is 21.8. The van der Waals surface area contributed by atoms with Gasteiger partial charge in [0.05, 0.1) is 28.4 Å². The second kappa shape index (κ2) is 15.6. The molecule has 0 unspecified atom stereocenters. The molecule has 0 amide bonds. The van der Waals surface area contributed by atoms with E-state index >= 15 is 0 Å². The molecule has 63 heavy (non-hydrogen) atoms. The van der Waals surface area contributed by atoms with Crippen molar-refractivity contribution in [2.24, 2.45) is 0 Å². The third-order valence-corrected chi connectivity index (χ3v) is 12.5. The van der Waals surface area contributed by atoms with Crippen molar-refractivity contribution in [2.45, 2.75) is 26.2 Å². The van der Waals surface area contributed by atoms with Crippen LogP contribution in [0.1, 0.15) is 26.3 Å². The number of hydrogen-bond donors (Lipinski definition) is 0. The van der Waals surface area contributed by atoms with E-state index in [4.69, 9.17) is 4.74 Å². The van der Waals surface area contributed by atoms with Gasteiger partial charge in [0.1, 0.15) is 24.8 Å². The van der Waals surface area contributed by atoms with Crippen LogP contribution in [0.15, 0.2) is 212 Å². The second-order valence-corrected chi connectivity index (χ2v) is 17.5.